The summed E-state index contributed by atoms with van der Waals surface area (Å²) in [4.78, 5) is 16.4. The Morgan fingerprint density at radius 1 is 1.35 bits per heavy atom. The molecule has 1 saturated heterocycles. The van der Waals surface area contributed by atoms with E-state index in [0.717, 1.165) is 12.3 Å². The van der Waals surface area contributed by atoms with Crippen LogP contribution in [-0.2, 0) is 4.79 Å². The molecule has 1 aromatic heterocycles. The fraction of sp³-hybridized carbons (Fsp3) is 0.786. The number of aromatic nitrogens is 3. The van der Waals surface area contributed by atoms with Gasteiger partial charge < -0.3 is 10.6 Å². The average Bonchev–Trinajstić information content (AvgIpc) is 3.01. The molecule has 1 amide bonds. The van der Waals surface area contributed by atoms with Gasteiger partial charge in [0.2, 0.25) is 5.91 Å². The Balaban J connectivity index is 1.55. The molecular formula is C14H23N5O. The first-order valence-corrected chi connectivity index (χ1v) is 7.65. The molecule has 0 spiro atoms. The summed E-state index contributed by atoms with van der Waals surface area (Å²) in [5.41, 5.74) is 0. The van der Waals surface area contributed by atoms with Gasteiger partial charge in [0.15, 0.2) is 0 Å². The van der Waals surface area contributed by atoms with Gasteiger partial charge in [0.25, 0.3) is 0 Å². The minimum Gasteiger partial charge on any atom is -0.345 e. The lowest BCUT2D eigenvalue weighted by molar-refractivity contribution is -0.125. The van der Waals surface area contributed by atoms with Gasteiger partial charge in [-0.05, 0) is 38.5 Å². The van der Waals surface area contributed by atoms with Crippen LogP contribution >= 0.6 is 0 Å². The number of carbonyl (C=O) groups excluding carboxylic acids is 1. The van der Waals surface area contributed by atoms with Crippen molar-refractivity contribution in [1.82, 2.24) is 25.8 Å². The molecule has 1 aromatic rings. The fourth-order valence-electron chi connectivity index (χ4n) is 3.51. The molecule has 110 valence electrons. The SMILES string of the molecule is CC(NC(=O)C1CCC2CCCCC2N1)c1ncn[nH]1. The van der Waals surface area contributed by atoms with E-state index in [9.17, 15) is 4.79 Å². The Kier molecular flexibility index (Phi) is 4.00. The van der Waals surface area contributed by atoms with E-state index in [1.165, 1.54) is 38.4 Å². The zero-order chi connectivity index (χ0) is 13.9. The molecule has 6 heteroatoms. The Bertz CT molecular complexity index is 446. The summed E-state index contributed by atoms with van der Waals surface area (Å²) in [6.07, 6.45) is 8.75. The highest BCUT2D eigenvalue weighted by atomic mass is 16.2. The zero-order valence-electron chi connectivity index (χ0n) is 11.9. The van der Waals surface area contributed by atoms with E-state index in [1.807, 2.05) is 6.92 Å². The monoisotopic (exact) mass is 277 g/mol. The van der Waals surface area contributed by atoms with Crippen molar-refractivity contribution in [2.45, 2.75) is 63.6 Å². The van der Waals surface area contributed by atoms with Crippen molar-refractivity contribution < 1.29 is 4.79 Å². The van der Waals surface area contributed by atoms with E-state index >= 15 is 0 Å². The third-order valence-corrected chi connectivity index (χ3v) is 4.67. The molecule has 4 atom stereocenters. The lowest BCUT2D eigenvalue weighted by Crippen LogP contribution is -2.55. The third-order valence-electron chi connectivity index (χ3n) is 4.67. The number of piperidine rings is 1. The molecule has 0 aromatic carbocycles. The number of hydrogen-bond acceptors (Lipinski definition) is 4. The largest absolute Gasteiger partial charge is 0.345 e. The van der Waals surface area contributed by atoms with Crippen LogP contribution in [0.25, 0.3) is 0 Å². The van der Waals surface area contributed by atoms with Crippen molar-refractivity contribution in [1.29, 1.82) is 0 Å². The number of nitrogens with one attached hydrogen (secondary N) is 3. The summed E-state index contributed by atoms with van der Waals surface area (Å²) in [6, 6.07) is 0.351. The predicted octanol–water partition coefficient (Wildman–Crippen LogP) is 1.29. The lowest BCUT2D eigenvalue weighted by Gasteiger charge is -2.40. The zero-order valence-corrected chi connectivity index (χ0v) is 11.9. The van der Waals surface area contributed by atoms with Crippen LogP contribution in [0, 0.1) is 5.92 Å². The number of amides is 1. The molecule has 4 unspecified atom stereocenters. The highest BCUT2D eigenvalue weighted by Gasteiger charge is 2.34. The van der Waals surface area contributed by atoms with Crippen molar-refractivity contribution in [3.63, 3.8) is 0 Å². The second-order valence-corrected chi connectivity index (χ2v) is 6.05. The topological polar surface area (TPSA) is 82.7 Å². The highest BCUT2D eigenvalue weighted by Crippen LogP contribution is 2.32. The normalized spacial score (nSPS) is 31.4. The number of H-pyrrole nitrogens is 1. The van der Waals surface area contributed by atoms with Gasteiger partial charge >= 0.3 is 0 Å². The maximum Gasteiger partial charge on any atom is 0.237 e. The second kappa shape index (κ2) is 5.91. The van der Waals surface area contributed by atoms with Crippen LogP contribution in [0.1, 0.15) is 57.3 Å². The van der Waals surface area contributed by atoms with E-state index in [-0.39, 0.29) is 18.0 Å². The van der Waals surface area contributed by atoms with Crippen LogP contribution in [0.4, 0.5) is 0 Å². The van der Waals surface area contributed by atoms with E-state index < -0.39 is 0 Å². The molecule has 2 heterocycles. The minimum atomic E-state index is -0.129. The smallest absolute Gasteiger partial charge is 0.237 e. The number of hydrogen-bond donors (Lipinski definition) is 3. The van der Waals surface area contributed by atoms with Crippen molar-refractivity contribution >= 4 is 5.91 Å². The highest BCUT2D eigenvalue weighted by molar-refractivity contribution is 5.82. The van der Waals surface area contributed by atoms with Gasteiger partial charge in [-0.1, -0.05) is 12.8 Å². The van der Waals surface area contributed by atoms with Crippen LogP contribution in [0.3, 0.4) is 0 Å². The van der Waals surface area contributed by atoms with Gasteiger partial charge in [-0.2, -0.15) is 5.10 Å². The summed E-state index contributed by atoms with van der Waals surface area (Å²) in [7, 11) is 0. The van der Waals surface area contributed by atoms with Gasteiger partial charge in [-0.3, -0.25) is 9.89 Å². The number of fused-ring (bicyclic) bond motifs is 1. The fourth-order valence-corrected chi connectivity index (χ4v) is 3.51. The molecule has 6 nitrogen and oxygen atoms in total. The van der Waals surface area contributed by atoms with Crippen LogP contribution in [-0.4, -0.2) is 33.2 Å². The van der Waals surface area contributed by atoms with E-state index in [4.69, 9.17) is 0 Å². The van der Waals surface area contributed by atoms with Gasteiger partial charge in [-0.15, -0.1) is 0 Å². The number of rotatable bonds is 3. The van der Waals surface area contributed by atoms with Gasteiger partial charge in [0.1, 0.15) is 12.2 Å². The van der Waals surface area contributed by atoms with Gasteiger partial charge in [-0.25, -0.2) is 4.98 Å². The third kappa shape index (κ3) is 2.85. The maximum absolute atomic E-state index is 12.3. The molecular weight excluding hydrogens is 254 g/mol. The lowest BCUT2D eigenvalue weighted by atomic mass is 9.77. The van der Waals surface area contributed by atoms with Crippen LogP contribution in [0.15, 0.2) is 6.33 Å². The van der Waals surface area contributed by atoms with Gasteiger partial charge in [0.05, 0.1) is 12.1 Å². The first kappa shape index (κ1) is 13.5. The molecule has 1 saturated carbocycles. The Morgan fingerprint density at radius 2 is 2.20 bits per heavy atom. The number of carbonyl (C=O) groups is 1. The average molecular weight is 277 g/mol. The number of aromatic amines is 1. The van der Waals surface area contributed by atoms with Crippen molar-refractivity contribution in [3.8, 4) is 0 Å². The van der Waals surface area contributed by atoms with Crippen molar-refractivity contribution in [2.24, 2.45) is 5.92 Å². The molecule has 3 N–H and O–H groups in total. The molecule has 2 fully saturated rings. The molecule has 2 aliphatic rings. The van der Waals surface area contributed by atoms with Crippen LogP contribution in [0.5, 0.6) is 0 Å². The number of nitrogens with zero attached hydrogens (tertiary/aromatic N) is 2. The van der Waals surface area contributed by atoms with Crippen molar-refractivity contribution in [3.05, 3.63) is 12.2 Å². The summed E-state index contributed by atoms with van der Waals surface area (Å²) >= 11 is 0. The molecule has 1 aliphatic heterocycles. The predicted molar refractivity (Wildman–Crippen MR) is 74.8 cm³/mol. The molecule has 3 rings (SSSR count). The summed E-state index contributed by atoms with van der Waals surface area (Å²) < 4.78 is 0. The summed E-state index contributed by atoms with van der Waals surface area (Å²) in [5.74, 6) is 1.56. The van der Waals surface area contributed by atoms with E-state index in [1.54, 1.807) is 0 Å². The standard InChI is InChI=1S/C14H23N5O/c1-9(13-15-8-16-19-13)17-14(20)12-7-6-10-4-2-3-5-11(10)18-12/h8-12,18H,2-7H2,1H3,(H,17,20)(H,15,16,19). The molecule has 20 heavy (non-hydrogen) atoms. The second-order valence-electron chi connectivity index (χ2n) is 6.05. The first-order valence-electron chi connectivity index (χ1n) is 7.65. The maximum atomic E-state index is 12.3. The molecule has 0 bridgehead atoms. The van der Waals surface area contributed by atoms with Crippen LogP contribution < -0.4 is 10.6 Å². The van der Waals surface area contributed by atoms with Gasteiger partial charge in [0, 0.05) is 6.04 Å². The van der Waals surface area contributed by atoms with E-state index in [2.05, 4.69) is 25.8 Å². The summed E-state index contributed by atoms with van der Waals surface area (Å²) in [5, 5.41) is 13.2. The summed E-state index contributed by atoms with van der Waals surface area (Å²) in [6.45, 7) is 1.92. The Hall–Kier alpha value is -1.43. The Morgan fingerprint density at radius 3 is 3.00 bits per heavy atom. The molecule has 0 radical (unpaired) electrons. The van der Waals surface area contributed by atoms with Crippen LogP contribution in [0.2, 0.25) is 0 Å². The van der Waals surface area contributed by atoms with Crippen molar-refractivity contribution in [2.75, 3.05) is 0 Å². The minimum absolute atomic E-state index is 0.0558. The van der Waals surface area contributed by atoms with E-state index in [0.29, 0.717) is 11.9 Å². The quantitative estimate of drug-likeness (QED) is 0.777. The Labute approximate surface area is 119 Å². The first-order chi connectivity index (χ1) is 9.74. The molecule has 1 aliphatic carbocycles.